The van der Waals surface area contributed by atoms with Gasteiger partial charge in [-0.05, 0) is 18.6 Å². The number of ether oxygens (including phenoxy) is 2. The Bertz CT molecular complexity index is 971. The molecule has 0 spiro atoms. The fraction of sp³-hybridized carbons (Fsp3) is 0.400. The van der Waals surface area contributed by atoms with E-state index in [-0.39, 0.29) is 6.10 Å². The highest BCUT2D eigenvalue weighted by Gasteiger charge is 2.39. The Kier molecular flexibility index (Phi) is 4.52. The molecule has 1 N–H and O–H groups in total. The number of rotatable bonds is 3. The number of thiophene rings is 1. The molecule has 4 heterocycles. The molecule has 0 saturated carbocycles. The standard InChI is InChI=1S/C20H20ClN3O2S/c1-11-2-3-14(16(21)4-11)15-9-27-19-17(15)23-10-24-20(19)26-18-12-5-22-6-13(18)8-25-7-12/h2-4,9-10,12-13,18,22H,5-8H2,1H3. The molecule has 0 radical (unpaired) electrons. The molecule has 2 fully saturated rings. The van der Waals surface area contributed by atoms with E-state index in [1.54, 1.807) is 17.7 Å². The zero-order chi connectivity index (χ0) is 18.4. The Balaban J connectivity index is 1.52. The fourth-order valence-corrected chi connectivity index (χ4v) is 5.30. The maximum absolute atomic E-state index is 6.49. The molecule has 1 aromatic carbocycles. The zero-order valence-corrected chi connectivity index (χ0v) is 16.5. The first-order valence-electron chi connectivity index (χ1n) is 9.14. The number of benzene rings is 1. The van der Waals surface area contributed by atoms with Gasteiger partial charge in [0.1, 0.15) is 17.1 Å². The highest BCUT2D eigenvalue weighted by molar-refractivity contribution is 7.18. The van der Waals surface area contributed by atoms with Gasteiger partial charge in [-0.2, -0.15) is 0 Å². The quantitative estimate of drug-likeness (QED) is 0.720. The third-order valence-corrected chi connectivity index (χ3v) is 6.66. The average Bonchev–Trinajstić information content (AvgIpc) is 3.06. The van der Waals surface area contributed by atoms with Crippen LogP contribution in [0.4, 0.5) is 0 Å². The molecule has 2 aliphatic rings. The molecule has 5 nitrogen and oxygen atoms in total. The molecular weight excluding hydrogens is 382 g/mol. The van der Waals surface area contributed by atoms with Crippen molar-refractivity contribution in [2.75, 3.05) is 26.3 Å². The average molecular weight is 402 g/mol. The fourth-order valence-electron chi connectivity index (χ4n) is 4.01. The lowest BCUT2D eigenvalue weighted by Gasteiger charge is -2.41. The maximum Gasteiger partial charge on any atom is 0.235 e. The molecule has 5 rings (SSSR count). The number of nitrogens with one attached hydrogen (secondary N) is 1. The third kappa shape index (κ3) is 3.10. The second kappa shape index (κ2) is 7.02. The van der Waals surface area contributed by atoms with Crippen LogP contribution < -0.4 is 10.1 Å². The van der Waals surface area contributed by atoms with E-state index in [2.05, 4.69) is 32.8 Å². The molecule has 2 unspecified atom stereocenters. The summed E-state index contributed by atoms with van der Waals surface area (Å²) >= 11 is 8.10. The summed E-state index contributed by atoms with van der Waals surface area (Å²) in [5.41, 5.74) is 4.05. The second-order valence-corrected chi connectivity index (χ2v) is 8.57. The van der Waals surface area contributed by atoms with Gasteiger partial charge in [0, 0.05) is 46.5 Å². The van der Waals surface area contributed by atoms with E-state index in [0.29, 0.717) is 17.7 Å². The van der Waals surface area contributed by atoms with Gasteiger partial charge in [-0.15, -0.1) is 11.3 Å². The topological polar surface area (TPSA) is 56.3 Å². The van der Waals surface area contributed by atoms with Crippen molar-refractivity contribution >= 4 is 33.2 Å². The van der Waals surface area contributed by atoms with E-state index in [4.69, 9.17) is 21.1 Å². The molecule has 2 aliphatic heterocycles. The van der Waals surface area contributed by atoms with Crippen molar-refractivity contribution in [1.82, 2.24) is 15.3 Å². The van der Waals surface area contributed by atoms with Crippen LogP contribution in [0.2, 0.25) is 5.02 Å². The first-order chi connectivity index (χ1) is 13.2. The number of nitrogens with zero attached hydrogens (tertiary/aromatic N) is 2. The Morgan fingerprint density at radius 3 is 2.78 bits per heavy atom. The minimum atomic E-state index is 0.131. The number of halogens is 1. The highest BCUT2D eigenvalue weighted by atomic mass is 35.5. The molecule has 27 heavy (non-hydrogen) atoms. The monoisotopic (exact) mass is 401 g/mol. The van der Waals surface area contributed by atoms with E-state index < -0.39 is 0 Å². The first-order valence-corrected chi connectivity index (χ1v) is 10.4. The van der Waals surface area contributed by atoms with E-state index >= 15 is 0 Å². The van der Waals surface area contributed by atoms with Crippen LogP contribution >= 0.6 is 22.9 Å². The van der Waals surface area contributed by atoms with Gasteiger partial charge in [-0.25, -0.2) is 9.97 Å². The molecule has 2 aromatic heterocycles. The number of aromatic nitrogens is 2. The molecular formula is C20H20ClN3O2S. The van der Waals surface area contributed by atoms with Crippen LogP contribution in [0.25, 0.3) is 21.3 Å². The van der Waals surface area contributed by atoms with Crippen LogP contribution in [-0.2, 0) is 4.74 Å². The number of aryl methyl sites for hydroxylation is 1. The highest BCUT2D eigenvalue weighted by Crippen LogP contribution is 2.40. The van der Waals surface area contributed by atoms with Gasteiger partial charge in [-0.1, -0.05) is 23.7 Å². The predicted molar refractivity (Wildman–Crippen MR) is 108 cm³/mol. The molecule has 2 atom stereocenters. The molecule has 2 saturated heterocycles. The molecule has 3 aromatic rings. The van der Waals surface area contributed by atoms with Gasteiger partial charge >= 0.3 is 0 Å². The van der Waals surface area contributed by atoms with E-state index in [9.17, 15) is 0 Å². The largest absolute Gasteiger partial charge is 0.472 e. The van der Waals surface area contributed by atoms with Gasteiger partial charge in [0.2, 0.25) is 5.88 Å². The summed E-state index contributed by atoms with van der Waals surface area (Å²) in [6.45, 7) is 5.34. The minimum Gasteiger partial charge on any atom is -0.472 e. The van der Waals surface area contributed by atoms with Crippen LogP contribution in [-0.4, -0.2) is 42.4 Å². The van der Waals surface area contributed by atoms with Crippen LogP contribution in [0.1, 0.15) is 5.56 Å². The number of piperidine rings is 1. The summed E-state index contributed by atoms with van der Waals surface area (Å²) in [6.07, 6.45) is 1.72. The number of fused-ring (bicyclic) bond motifs is 3. The Morgan fingerprint density at radius 1 is 1.19 bits per heavy atom. The Labute approximate surface area is 166 Å². The summed E-state index contributed by atoms with van der Waals surface area (Å²) < 4.78 is 13.1. The van der Waals surface area contributed by atoms with Crippen molar-refractivity contribution < 1.29 is 9.47 Å². The lowest BCUT2D eigenvalue weighted by Crippen LogP contribution is -2.56. The summed E-state index contributed by atoms with van der Waals surface area (Å²) in [5, 5.41) is 6.30. The van der Waals surface area contributed by atoms with Crippen molar-refractivity contribution in [2.45, 2.75) is 13.0 Å². The molecule has 0 amide bonds. The van der Waals surface area contributed by atoms with Gasteiger partial charge in [0.25, 0.3) is 0 Å². The second-order valence-electron chi connectivity index (χ2n) is 7.29. The molecule has 2 bridgehead atoms. The van der Waals surface area contributed by atoms with E-state index in [0.717, 1.165) is 58.2 Å². The Morgan fingerprint density at radius 2 is 2.00 bits per heavy atom. The lowest BCUT2D eigenvalue weighted by molar-refractivity contribution is -0.0828. The molecule has 7 heteroatoms. The summed E-state index contributed by atoms with van der Waals surface area (Å²) in [6, 6.07) is 6.10. The summed E-state index contributed by atoms with van der Waals surface area (Å²) in [7, 11) is 0. The Hall–Kier alpha value is -1.73. The minimum absolute atomic E-state index is 0.131. The molecule has 0 aliphatic carbocycles. The number of hydrogen-bond acceptors (Lipinski definition) is 6. The van der Waals surface area contributed by atoms with Crippen molar-refractivity contribution in [3.8, 4) is 17.0 Å². The summed E-state index contributed by atoms with van der Waals surface area (Å²) in [4.78, 5) is 8.99. The van der Waals surface area contributed by atoms with Gasteiger partial charge in [0.05, 0.1) is 18.7 Å². The van der Waals surface area contributed by atoms with Gasteiger partial charge < -0.3 is 14.8 Å². The molecule has 140 valence electrons. The van der Waals surface area contributed by atoms with Crippen molar-refractivity contribution in [3.05, 3.63) is 40.5 Å². The normalized spacial score (nSPS) is 24.9. The van der Waals surface area contributed by atoms with Crippen LogP contribution in [0, 0.1) is 18.8 Å². The van der Waals surface area contributed by atoms with Crippen molar-refractivity contribution in [2.24, 2.45) is 11.8 Å². The smallest absolute Gasteiger partial charge is 0.235 e. The van der Waals surface area contributed by atoms with Crippen LogP contribution in [0.3, 0.4) is 0 Å². The summed E-state index contributed by atoms with van der Waals surface area (Å²) in [5.74, 6) is 1.38. The zero-order valence-electron chi connectivity index (χ0n) is 14.9. The van der Waals surface area contributed by atoms with Crippen LogP contribution in [0.15, 0.2) is 29.9 Å². The third-order valence-electron chi connectivity index (χ3n) is 5.39. The predicted octanol–water partition coefficient (Wildman–Crippen LogP) is 3.93. The SMILES string of the molecule is Cc1ccc(-c2csc3c(OC4C5CNCC4COC5)ncnc23)c(Cl)c1. The first kappa shape index (κ1) is 17.4. The lowest BCUT2D eigenvalue weighted by atomic mass is 9.86. The van der Waals surface area contributed by atoms with E-state index in [1.165, 1.54) is 0 Å². The van der Waals surface area contributed by atoms with E-state index in [1.807, 2.05) is 13.0 Å². The maximum atomic E-state index is 6.49. The van der Waals surface area contributed by atoms with Gasteiger partial charge in [-0.3, -0.25) is 0 Å². The van der Waals surface area contributed by atoms with Crippen molar-refractivity contribution in [3.63, 3.8) is 0 Å². The number of hydrogen-bond donors (Lipinski definition) is 1. The van der Waals surface area contributed by atoms with Crippen molar-refractivity contribution in [1.29, 1.82) is 0 Å². The van der Waals surface area contributed by atoms with Crippen LogP contribution in [0.5, 0.6) is 5.88 Å². The van der Waals surface area contributed by atoms with Gasteiger partial charge in [0.15, 0.2) is 0 Å².